The minimum absolute atomic E-state index is 0.0687. The average Bonchev–Trinajstić information content (AvgIpc) is 3.31. The van der Waals surface area contributed by atoms with Gasteiger partial charge in [-0.25, -0.2) is 8.42 Å². The molecule has 0 spiro atoms. The number of carbonyl (C=O) groups excluding carboxylic acids is 1. The van der Waals surface area contributed by atoms with Crippen molar-refractivity contribution in [1.29, 1.82) is 0 Å². The van der Waals surface area contributed by atoms with Gasteiger partial charge < -0.3 is 4.57 Å². The molecule has 0 unspecified atom stereocenters. The Balaban J connectivity index is 1.66. The summed E-state index contributed by atoms with van der Waals surface area (Å²) in [6.45, 7) is 3.86. The Kier molecular flexibility index (Phi) is 5.55. The van der Waals surface area contributed by atoms with Crippen LogP contribution in [0.25, 0.3) is 0 Å². The third-order valence-electron chi connectivity index (χ3n) is 4.13. The van der Waals surface area contributed by atoms with Crippen molar-refractivity contribution >= 4 is 27.6 Å². The minimum Gasteiger partial charge on any atom is -0.309 e. The fourth-order valence-electron chi connectivity index (χ4n) is 2.68. The van der Waals surface area contributed by atoms with Gasteiger partial charge in [-0.15, -0.1) is 10.2 Å². The predicted octanol–water partition coefficient (Wildman–Crippen LogP) is 2.06. The van der Waals surface area contributed by atoms with Crippen LogP contribution in [-0.2, 0) is 16.6 Å². The van der Waals surface area contributed by atoms with Crippen LogP contribution in [0.15, 0.2) is 40.6 Å². The van der Waals surface area contributed by atoms with E-state index in [-0.39, 0.29) is 16.4 Å². The van der Waals surface area contributed by atoms with Crippen LogP contribution < -0.4 is 0 Å². The molecule has 2 heterocycles. The molecule has 1 aliphatic heterocycles. The number of ketones is 1. The zero-order chi connectivity index (χ0) is 17.9. The van der Waals surface area contributed by atoms with Crippen molar-refractivity contribution in [3.8, 4) is 0 Å². The van der Waals surface area contributed by atoms with Gasteiger partial charge in [0.2, 0.25) is 10.0 Å². The Labute approximate surface area is 151 Å². The van der Waals surface area contributed by atoms with Gasteiger partial charge in [-0.2, -0.15) is 4.31 Å². The second kappa shape index (κ2) is 7.67. The van der Waals surface area contributed by atoms with Gasteiger partial charge in [0.1, 0.15) is 6.33 Å². The fourth-order valence-corrected chi connectivity index (χ4v) is 5.07. The number of hydrogen-bond donors (Lipinski definition) is 0. The summed E-state index contributed by atoms with van der Waals surface area (Å²) >= 11 is 1.32. The standard InChI is InChI=1S/C16H20N4O3S2/c1-2-19-12-17-18-16(19)24-11-15(21)13-5-7-14(8-6-13)25(22,23)20-9-3-4-10-20/h5-8,12H,2-4,9-11H2,1H3. The number of sulfonamides is 1. The van der Waals surface area contributed by atoms with Gasteiger partial charge >= 0.3 is 0 Å². The molecule has 3 rings (SSSR count). The molecule has 0 saturated carbocycles. The van der Waals surface area contributed by atoms with E-state index in [0.717, 1.165) is 19.4 Å². The molecular formula is C16H20N4O3S2. The SMILES string of the molecule is CCn1cnnc1SCC(=O)c1ccc(S(=O)(=O)N2CCCC2)cc1. The van der Waals surface area contributed by atoms with Crippen molar-refractivity contribution in [2.45, 2.75) is 36.4 Å². The normalized spacial score (nSPS) is 15.6. The van der Waals surface area contributed by atoms with Gasteiger partial charge in [0.15, 0.2) is 10.9 Å². The van der Waals surface area contributed by atoms with E-state index in [1.165, 1.54) is 28.2 Å². The van der Waals surface area contributed by atoms with Crippen LogP contribution in [0.5, 0.6) is 0 Å². The summed E-state index contributed by atoms with van der Waals surface area (Å²) in [7, 11) is -3.44. The average molecular weight is 380 g/mol. The Morgan fingerprint density at radius 2 is 1.88 bits per heavy atom. The monoisotopic (exact) mass is 380 g/mol. The van der Waals surface area contributed by atoms with Crippen LogP contribution in [-0.4, -0.2) is 52.1 Å². The zero-order valence-corrected chi connectivity index (χ0v) is 15.6. The van der Waals surface area contributed by atoms with E-state index in [0.29, 0.717) is 23.8 Å². The summed E-state index contributed by atoms with van der Waals surface area (Å²) in [4.78, 5) is 12.6. The minimum atomic E-state index is -3.44. The number of benzene rings is 1. The maximum atomic E-state index is 12.5. The van der Waals surface area contributed by atoms with Crippen molar-refractivity contribution in [2.75, 3.05) is 18.8 Å². The molecule has 0 atom stereocenters. The number of nitrogens with zero attached hydrogens (tertiary/aromatic N) is 4. The lowest BCUT2D eigenvalue weighted by Crippen LogP contribution is -2.27. The number of aromatic nitrogens is 3. The van der Waals surface area contributed by atoms with Crippen LogP contribution in [0.1, 0.15) is 30.1 Å². The van der Waals surface area contributed by atoms with Crippen LogP contribution in [0.3, 0.4) is 0 Å². The second-order valence-electron chi connectivity index (χ2n) is 5.75. The Morgan fingerprint density at radius 3 is 2.52 bits per heavy atom. The molecule has 1 aromatic heterocycles. The molecule has 7 nitrogen and oxygen atoms in total. The highest BCUT2D eigenvalue weighted by Crippen LogP contribution is 2.22. The van der Waals surface area contributed by atoms with E-state index in [9.17, 15) is 13.2 Å². The van der Waals surface area contributed by atoms with E-state index in [4.69, 9.17) is 0 Å². The summed E-state index contributed by atoms with van der Waals surface area (Å²) in [6.07, 6.45) is 3.43. The summed E-state index contributed by atoms with van der Waals surface area (Å²) in [5.41, 5.74) is 0.496. The number of carbonyl (C=O) groups is 1. The van der Waals surface area contributed by atoms with E-state index >= 15 is 0 Å². The Morgan fingerprint density at radius 1 is 1.20 bits per heavy atom. The molecule has 25 heavy (non-hydrogen) atoms. The second-order valence-corrected chi connectivity index (χ2v) is 8.63. The van der Waals surface area contributed by atoms with E-state index in [2.05, 4.69) is 10.2 Å². The number of rotatable bonds is 7. The van der Waals surface area contributed by atoms with E-state index < -0.39 is 10.0 Å². The molecule has 1 fully saturated rings. The van der Waals surface area contributed by atoms with E-state index in [1.807, 2.05) is 11.5 Å². The first-order chi connectivity index (χ1) is 12.0. The molecule has 9 heteroatoms. The van der Waals surface area contributed by atoms with Crippen molar-refractivity contribution in [3.05, 3.63) is 36.2 Å². The predicted molar refractivity (Wildman–Crippen MR) is 95.2 cm³/mol. The van der Waals surface area contributed by atoms with Crippen molar-refractivity contribution < 1.29 is 13.2 Å². The smallest absolute Gasteiger partial charge is 0.243 e. The van der Waals surface area contributed by atoms with Crippen LogP contribution >= 0.6 is 11.8 Å². The van der Waals surface area contributed by atoms with Crippen LogP contribution in [0.4, 0.5) is 0 Å². The van der Waals surface area contributed by atoms with Crippen molar-refractivity contribution in [2.24, 2.45) is 0 Å². The van der Waals surface area contributed by atoms with Gasteiger partial charge in [0, 0.05) is 25.2 Å². The highest BCUT2D eigenvalue weighted by Gasteiger charge is 2.27. The highest BCUT2D eigenvalue weighted by molar-refractivity contribution is 7.99. The molecule has 0 N–H and O–H groups in total. The number of hydrogen-bond acceptors (Lipinski definition) is 6. The zero-order valence-electron chi connectivity index (χ0n) is 14.0. The quantitative estimate of drug-likeness (QED) is 0.540. The summed E-state index contributed by atoms with van der Waals surface area (Å²) in [5.74, 6) is 0.164. The molecule has 0 bridgehead atoms. The van der Waals surface area contributed by atoms with Crippen LogP contribution in [0.2, 0.25) is 0 Å². The van der Waals surface area contributed by atoms with Gasteiger partial charge in [0.25, 0.3) is 0 Å². The largest absolute Gasteiger partial charge is 0.309 e. The third-order valence-corrected chi connectivity index (χ3v) is 7.03. The number of Topliss-reactive ketones (excluding diaryl/α,β-unsaturated/α-hetero) is 1. The number of thioether (sulfide) groups is 1. The number of aryl methyl sites for hydroxylation is 1. The maximum absolute atomic E-state index is 12.5. The molecule has 1 aliphatic rings. The third kappa shape index (κ3) is 3.94. The van der Waals surface area contributed by atoms with Gasteiger partial charge in [-0.1, -0.05) is 23.9 Å². The molecule has 0 radical (unpaired) electrons. The Bertz CT molecular complexity index is 841. The topological polar surface area (TPSA) is 85.2 Å². The lowest BCUT2D eigenvalue weighted by atomic mass is 10.1. The molecular weight excluding hydrogens is 360 g/mol. The van der Waals surface area contributed by atoms with Crippen molar-refractivity contribution in [3.63, 3.8) is 0 Å². The first kappa shape index (κ1) is 18.1. The molecule has 0 amide bonds. The van der Waals surface area contributed by atoms with Gasteiger partial charge in [-0.05, 0) is 31.9 Å². The molecule has 1 aromatic carbocycles. The first-order valence-corrected chi connectivity index (χ1v) is 10.6. The van der Waals surface area contributed by atoms with Crippen molar-refractivity contribution in [1.82, 2.24) is 19.1 Å². The lowest BCUT2D eigenvalue weighted by Gasteiger charge is -2.15. The molecule has 134 valence electrons. The lowest BCUT2D eigenvalue weighted by molar-refractivity contribution is 0.102. The van der Waals surface area contributed by atoms with Crippen LogP contribution in [0, 0.1) is 0 Å². The van der Waals surface area contributed by atoms with Gasteiger partial charge in [0.05, 0.1) is 10.6 Å². The Hall–Kier alpha value is -1.71. The highest BCUT2D eigenvalue weighted by atomic mass is 32.2. The summed E-state index contributed by atoms with van der Waals surface area (Å²) in [6, 6.07) is 6.19. The molecule has 0 aliphatic carbocycles. The summed E-state index contributed by atoms with van der Waals surface area (Å²) in [5, 5.41) is 8.51. The molecule has 2 aromatic rings. The van der Waals surface area contributed by atoms with E-state index in [1.54, 1.807) is 18.5 Å². The maximum Gasteiger partial charge on any atom is 0.243 e. The van der Waals surface area contributed by atoms with Gasteiger partial charge in [-0.3, -0.25) is 4.79 Å². The fraction of sp³-hybridized carbons (Fsp3) is 0.438. The molecule has 1 saturated heterocycles. The first-order valence-electron chi connectivity index (χ1n) is 8.16. The summed E-state index contributed by atoms with van der Waals surface area (Å²) < 4.78 is 28.3.